The van der Waals surface area contributed by atoms with E-state index in [0.717, 1.165) is 12.0 Å². The van der Waals surface area contributed by atoms with Crippen LogP contribution in [0.3, 0.4) is 0 Å². The first-order chi connectivity index (χ1) is 9.51. The largest absolute Gasteiger partial charge is 0.423 e. The highest BCUT2D eigenvalue weighted by Crippen LogP contribution is 2.22. The summed E-state index contributed by atoms with van der Waals surface area (Å²) in [4.78, 5) is 8.21. The Kier molecular flexibility index (Phi) is 4.16. The molecule has 0 amide bonds. The highest BCUT2D eigenvalue weighted by Gasteiger charge is 2.17. The number of nitrogen functional groups attached to an aromatic ring is 1. The summed E-state index contributed by atoms with van der Waals surface area (Å²) in [5, 5.41) is 11.3. The highest BCUT2D eigenvalue weighted by atomic mass is 16.4. The van der Waals surface area contributed by atoms with Gasteiger partial charge in [-0.1, -0.05) is 20.8 Å². The van der Waals surface area contributed by atoms with Gasteiger partial charge >= 0.3 is 0 Å². The van der Waals surface area contributed by atoms with Gasteiger partial charge in [-0.15, -0.1) is 10.2 Å². The SMILES string of the molecule is CCc1cnc(N)nc1N[C@H](C)c1nnc(C(C)C)o1. The highest BCUT2D eigenvalue weighted by molar-refractivity contribution is 5.46. The molecule has 0 aliphatic rings. The lowest BCUT2D eigenvalue weighted by molar-refractivity contribution is 0.419. The van der Waals surface area contributed by atoms with E-state index in [9.17, 15) is 0 Å². The van der Waals surface area contributed by atoms with Crippen molar-refractivity contribution in [1.82, 2.24) is 20.2 Å². The number of rotatable bonds is 5. The second-order valence-corrected chi connectivity index (χ2v) is 4.95. The number of aromatic nitrogens is 4. The van der Waals surface area contributed by atoms with Crippen molar-refractivity contribution in [3.63, 3.8) is 0 Å². The van der Waals surface area contributed by atoms with Gasteiger partial charge in [0.05, 0.1) is 0 Å². The van der Waals surface area contributed by atoms with Crippen LogP contribution in [0.15, 0.2) is 10.6 Å². The van der Waals surface area contributed by atoms with E-state index in [2.05, 4.69) is 25.5 Å². The quantitative estimate of drug-likeness (QED) is 0.863. The van der Waals surface area contributed by atoms with Crippen molar-refractivity contribution in [2.24, 2.45) is 0 Å². The lowest BCUT2D eigenvalue weighted by Gasteiger charge is -2.13. The van der Waals surface area contributed by atoms with E-state index in [1.807, 2.05) is 27.7 Å². The Labute approximate surface area is 118 Å². The Morgan fingerprint density at radius 3 is 2.55 bits per heavy atom. The maximum Gasteiger partial charge on any atom is 0.238 e. The number of aryl methyl sites for hydroxylation is 1. The van der Waals surface area contributed by atoms with Crippen LogP contribution in [0.1, 0.15) is 57.0 Å². The molecule has 2 aromatic rings. The van der Waals surface area contributed by atoms with Gasteiger partial charge in [0.1, 0.15) is 11.9 Å². The lowest BCUT2D eigenvalue weighted by atomic mass is 10.2. The third-order valence-corrected chi connectivity index (χ3v) is 2.94. The summed E-state index contributed by atoms with van der Waals surface area (Å²) in [5.74, 6) is 2.32. The fourth-order valence-electron chi connectivity index (χ4n) is 1.73. The molecule has 0 radical (unpaired) electrons. The molecular weight excluding hydrogens is 256 g/mol. The van der Waals surface area contributed by atoms with Crippen molar-refractivity contribution >= 4 is 11.8 Å². The van der Waals surface area contributed by atoms with Gasteiger partial charge in [-0.3, -0.25) is 0 Å². The fourth-order valence-corrected chi connectivity index (χ4v) is 1.73. The number of nitrogens with zero attached hydrogens (tertiary/aromatic N) is 4. The topological polar surface area (TPSA) is 103 Å². The standard InChI is InChI=1S/C13H20N6O/c1-5-9-6-15-13(14)17-10(9)16-8(4)12-19-18-11(20-12)7(2)3/h6-8H,5H2,1-4H3,(H3,14,15,16,17)/t8-/m1/s1. The van der Waals surface area contributed by atoms with Gasteiger partial charge in [0.25, 0.3) is 0 Å². The smallest absolute Gasteiger partial charge is 0.238 e. The summed E-state index contributed by atoms with van der Waals surface area (Å²) in [6.07, 6.45) is 2.54. The number of hydrogen-bond donors (Lipinski definition) is 2. The molecule has 7 nitrogen and oxygen atoms in total. The van der Waals surface area contributed by atoms with E-state index in [4.69, 9.17) is 10.2 Å². The van der Waals surface area contributed by atoms with Gasteiger partial charge in [-0.05, 0) is 13.3 Å². The molecule has 1 atom stereocenters. The molecule has 0 bridgehead atoms. The Bertz CT molecular complexity index is 580. The zero-order chi connectivity index (χ0) is 14.7. The molecule has 0 aromatic carbocycles. The minimum absolute atomic E-state index is 0.144. The monoisotopic (exact) mass is 276 g/mol. The van der Waals surface area contributed by atoms with Crippen molar-refractivity contribution in [2.75, 3.05) is 11.1 Å². The summed E-state index contributed by atoms with van der Waals surface area (Å²) in [7, 11) is 0. The first kappa shape index (κ1) is 14.2. The van der Waals surface area contributed by atoms with Gasteiger partial charge < -0.3 is 15.5 Å². The molecule has 0 saturated heterocycles. The fraction of sp³-hybridized carbons (Fsp3) is 0.538. The zero-order valence-electron chi connectivity index (χ0n) is 12.2. The third-order valence-electron chi connectivity index (χ3n) is 2.94. The Balaban J connectivity index is 2.18. The molecule has 0 unspecified atom stereocenters. The molecule has 7 heteroatoms. The van der Waals surface area contributed by atoms with Crippen LogP contribution in [-0.4, -0.2) is 20.2 Å². The van der Waals surface area contributed by atoms with Gasteiger partial charge in [0.15, 0.2) is 0 Å². The van der Waals surface area contributed by atoms with Gasteiger partial charge in [0, 0.05) is 17.7 Å². The Hall–Kier alpha value is -2.18. The second-order valence-electron chi connectivity index (χ2n) is 4.95. The van der Waals surface area contributed by atoms with Crippen LogP contribution >= 0.6 is 0 Å². The van der Waals surface area contributed by atoms with Gasteiger partial charge in [0.2, 0.25) is 17.7 Å². The second kappa shape index (κ2) is 5.85. The maximum atomic E-state index is 5.63. The van der Waals surface area contributed by atoms with E-state index < -0.39 is 0 Å². The molecule has 0 aliphatic carbocycles. The third kappa shape index (κ3) is 3.04. The molecule has 2 aromatic heterocycles. The average molecular weight is 276 g/mol. The minimum atomic E-state index is -0.144. The summed E-state index contributed by atoms with van der Waals surface area (Å²) in [6, 6.07) is -0.144. The zero-order valence-corrected chi connectivity index (χ0v) is 12.2. The van der Waals surface area contributed by atoms with Crippen LogP contribution in [0.4, 0.5) is 11.8 Å². The lowest BCUT2D eigenvalue weighted by Crippen LogP contribution is -2.12. The van der Waals surface area contributed by atoms with E-state index in [1.165, 1.54) is 0 Å². The van der Waals surface area contributed by atoms with E-state index in [0.29, 0.717) is 17.6 Å². The summed E-state index contributed by atoms with van der Waals surface area (Å²) >= 11 is 0. The summed E-state index contributed by atoms with van der Waals surface area (Å²) < 4.78 is 5.62. The summed E-state index contributed by atoms with van der Waals surface area (Å²) in [5.41, 5.74) is 6.62. The normalized spacial score (nSPS) is 12.7. The van der Waals surface area contributed by atoms with Crippen LogP contribution in [0.25, 0.3) is 0 Å². The molecule has 108 valence electrons. The number of nitrogens with two attached hydrogens (primary N) is 1. The Morgan fingerprint density at radius 2 is 1.95 bits per heavy atom. The van der Waals surface area contributed by atoms with Crippen LogP contribution in [0.5, 0.6) is 0 Å². The van der Waals surface area contributed by atoms with E-state index in [1.54, 1.807) is 6.20 Å². The van der Waals surface area contributed by atoms with Gasteiger partial charge in [-0.25, -0.2) is 4.98 Å². The van der Waals surface area contributed by atoms with Crippen LogP contribution in [-0.2, 0) is 6.42 Å². The molecule has 2 heterocycles. The number of anilines is 2. The van der Waals surface area contributed by atoms with Crippen molar-refractivity contribution in [3.8, 4) is 0 Å². The molecule has 3 N–H and O–H groups in total. The predicted octanol–water partition coefficient (Wildman–Crippen LogP) is 2.30. The van der Waals surface area contributed by atoms with Crippen molar-refractivity contribution in [2.45, 2.75) is 46.1 Å². The predicted molar refractivity (Wildman–Crippen MR) is 76.2 cm³/mol. The molecule has 0 aliphatic heterocycles. The number of nitrogens with one attached hydrogen (secondary N) is 1. The minimum Gasteiger partial charge on any atom is -0.423 e. The molecule has 0 fully saturated rings. The molecule has 0 saturated carbocycles. The van der Waals surface area contributed by atoms with Crippen molar-refractivity contribution in [3.05, 3.63) is 23.5 Å². The van der Waals surface area contributed by atoms with Crippen LogP contribution in [0, 0.1) is 0 Å². The van der Waals surface area contributed by atoms with Gasteiger partial charge in [-0.2, -0.15) is 4.98 Å². The first-order valence-corrected chi connectivity index (χ1v) is 6.72. The molecular formula is C13H20N6O. The van der Waals surface area contributed by atoms with E-state index >= 15 is 0 Å². The maximum absolute atomic E-state index is 5.63. The summed E-state index contributed by atoms with van der Waals surface area (Å²) in [6.45, 7) is 8.00. The van der Waals surface area contributed by atoms with Crippen molar-refractivity contribution < 1.29 is 4.42 Å². The Morgan fingerprint density at radius 1 is 1.25 bits per heavy atom. The van der Waals surface area contributed by atoms with Crippen molar-refractivity contribution in [1.29, 1.82) is 0 Å². The van der Waals surface area contributed by atoms with E-state index in [-0.39, 0.29) is 17.9 Å². The average Bonchev–Trinajstić information content (AvgIpc) is 2.89. The molecule has 0 spiro atoms. The number of hydrogen-bond acceptors (Lipinski definition) is 7. The first-order valence-electron chi connectivity index (χ1n) is 6.72. The molecule has 20 heavy (non-hydrogen) atoms. The van der Waals surface area contributed by atoms with Crippen LogP contribution in [0.2, 0.25) is 0 Å². The molecule has 2 rings (SSSR count). The van der Waals surface area contributed by atoms with Crippen LogP contribution < -0.4 is 11.1 Å².